The normalized spacial score (nSPS) is 25.7. The van der Waals surface area contributed by atoms with Crippen LogP contribution in [0.4, 0.5) is 0 Å². The van der Waals surface area contributed by atoms with Gasteiger partial charge in [-0.15, -0.1) is 0 Å². The molecule has 1 atom stereocenters. The van der Waals surface area contributed by atoms with Gasteiger partial charge in [0.25, 0.3) is 0 Å². The van der Waals surface area contributed by atoms with E-state index in [9.17, 15) is 0 Å². The van der Waals surface area contributed by atoms with Crippen LogP contribution in [-0.4, -0.2) is 0 Å². The van der Waals surface area contributed by atoms with E-state index in [0.29, 0.717) is 0 Å². The van der Waals surface area contributed by atoms with Crippen molar-refractivity contribution >= 4 is 0 Å². The Bertz CT molecular complexity index is 332. The van der Waals surface area contributed by atoms with E-state index in [1.807, 2.05) is 0 Å². The molecule has 2 N–H and O–H groups in total. The van der Waals surface area contributed by atoms with Gasteiger partial charge in [-0.25, -0.2) is 0 Å². The van der Waals surface area contributed by atoms with Crippen LogP contribution in [0.25, 0.3) is 0 Å². The number of aryl methyl sites for hydroxylation is 1. The maximum Gasteiger partial charge on any atom is 0.0412 e. The van der Waals surface area contributed by atoms with E-state index in [-0.39, 0.29) is 5.54 Å². The van der Waals surface area contributed by atoms with Gasteiger partial charge in [0.2, 0.25) is 0 Å². The first kappa shape index (κ1) is 10.7. The van der Waals surface area contributed by atoms with Crippen LogP contribution in [0.5, 0.6) is 0 Å². The number of hydrogen-bond acceptors (Lipinski definition) is 1. The molecule has 0 spiro atoms. The summed E-state index contributed by atoms with van der Waals surface area (Å²) >= 11 is 0. The largest absolute Gasteiger partial charge is 0.321 e. The summed E-state index contributed by atoms with van der Waals surface area (Å²) in [4.78, 5) is 0. The summed E-state index contributed by atoms with van der Waals surface area (Å²) < 4.78 is 0. The Morgan fingerprint density at radius 3 is 2.87 bits per heavy atom. The SMILES string of the molecule is CCCC1(N)CCCCc2ccccc21. The Morgan fingerprint density at radius 2 is 2.07 bits per heavy atom. The zero-order valence-corrected chi connectivity index (χ0v) is 9.63. The third-order valence-corrected chi connectivity index (χ3v) is 3.57. The minimum atomic E-state index is -0.0537. The number of hydrogen-bond donors (Lipinski definition) is 1. The molecule has 0 amide bonds. The molecule has 0 radical (unpaired) electrons. The predicted molar refractivity (Wildman–Crippen MR) is 64.8 cm³/mol. The van der Waals surface area contributed by atoms with Gasteiger partial charge >= 0.3 is 0 Å². The Kier molecular flexibility index (Phi) is 3.11. The van der Waals surface area contributed by atoms with Gasteiger partial charge in [-0.3, -0.25) is 0 Å². The smallest absolute Gasteiger partial charge is 0.0412 e. The quantitative estimate of drug-likeness (QED) is 0.733. The van der Waals surface area contributed by atoms with Crippen molar-refractivity contribution in [3.8, 4) is 0 Å². The number of rotatable bonds is 2. The second kappa shape index (κ2) is 4.36. The molecule has 0 aliphatic heterocycles. The second-order valence-corrected chi connectivity index (χ2v) is 4.77. The maximum absolute atomic E-state index is 6.58. The molecule has 0 fully saturated rings. The lowest BCUT2D eigenvalue weighted by molar-refractivity contribution is 0.368. The molecule has 0 aromatic heterocycles. The first-order valence-corrected chi connectivity index (χ1v) is 6.13. The van der Waals surface area contributed by atoms with E-state index < -0.39 is 0 Å². The lowest BCUT2D eigenvalue weighted by atomic mass is 9.82. The maximum atomic E-state index is 6.58. The molecule has 15 heavy (non-hydrogen) atoms. The molecule has 82 valence electrons. The number of nitrogens with two attached hydrogens (primary N) is 1. The van der Waals surface area contributed by atoms with E-state index >= 15 is 0 Å². The molecule has 0 saturated heterocycles. The highest BCUT2D eigenvalue weighted by Crippen LogP contribution is 2.35. The molecule has 1 aliphatic carbocycles. The summed E-state index contributed by atoms with van der Waals surface area (Å²) in [6.07, 6.45) is 7.20. The van der Waals surface area contributed by atoms with E-state index in [2.05, 4.69) is 31.2 Å². The summed E-state index contributed by atoms with van der Waals surface area (Å²) in [5, 5.41) is 0. The molecule has 1 heteroatoms. The van der Waals surface area contributed by atoms with Crippen molar-refractivity contribution in [3.05, 3.63) is 35.4 Å². The Hall–Kier alpha value is -0.820. The monoisotopic (exact) mass is 203 g/mol. The van der Waals surface area contributed by atoms with E-state index in [0.717, 1.165) is 12.8 Å². The molecular formula is C14H21N. The van der Waals surface area contributed by atoms with E-state index in [1.54, 1.807) is 0 Å². The van der Waals surface area contributed by atoms with Gasteiger partial charge in [0.1, 0.15) is 0 Å². The van der Waals surface area contributed by atoms with Crippen LogP contribution in [0.15, 0.2) is 24.3 Å². The predicted octanol–water partition coefficient (Wildman–Crippen LogP) is 3.37. The summed E-state index contributed by atoms with van der Waals surface area (Å²) in [7, 11) is 0. The van der Waals surface area contributed by atoms with Gasteiger partial charge in [-0.1, -0.05) is 44.0 Å². The van der Waals surface area contributed by atoms with E-state index in [1.165, 1.54) is 36.8 Å². The fraction of sp³-hybridized carbons (Fsp3) is 0.571. The average Bonchev–Trinajstić information content (AvgIpc) is 2.40. The first-order chi connectivity index (χ1) is 7.26. The zero-order chi connectivity index (χ0) is 10.7. The van der Waals surface area contributed by atoms with Gasteiger partial charge in [-0.05, 0) is 36.8 Å². The van der Waals surface area contributed by atoms with Crippen molar-refractivity contribution in [1.29, 1.82) is 0 Å². The summed E-state index contributed by atoms with van der Waals surface area (Å²) in [6.45, 7) is 2.22. The molecule has 2 rings (SSSR count). The topological polar surface area (TPSA) is 26.0 Å². The Morgan fingerprint density at radius 1 is 1.27 bits per heavy atom. The van der Waals surface area contributed by atoms with Crippen molar-refractivity contribution in [1.82, 2.24) is 0 Å². The highest BCUT2D eigenvalue weighted by Gasteiger charge is 2.29. The van der Waals surface area contributed by atoms with Gasteiger partial charge in [0.05, 0.1) is 0 Å². The Labute approximate surface area is 92.7 Å². The molecule has 1 aromatic rings. The molecule has 0 saturated carbocycles. The fourth-order valence-electron chi connectivity index (χ4n) is 2.82. The van der Waals surface area contributed by atoms with Crippen LogP contribution < -0.4 is 5.73 Å². The van der Waals surface area contributed by atoms with E-state index in [4.69, 9.17) is 5.73 Å². The van der Waals surface area contributed by atoms with Crippen LogP contribution in [-0.2, 0) is 12.0 Å². The fourth-order valence-corrected chi connectivity index (χ4v) is 2.82. The molecule has 0 heterocycles. The molecular weight excluding hydrogens is 182 g/mol. The summed E-state index contributed by atoms with van der Waals surface area (Å²) in [5.74, 6) is 0. The van der Waals surface area contributed by atoms with Crippen molar-refractivity contribution in [2.24, 2.45) is 5.73 Å². The van der Waals surface area contributed by atoms with Crippen LogP contribution in [0, 0.1) is 0 Å². The van der Waals surface area contributed by atoms with Crippen LogP contribution >= 0.6 is 0 Å². The third-order valence-electron chi connectivity index (χ3n) is 3.57. The van der Waals surface area contributed by atoms with Crippen molar-refractivity contribution in [2.75, 3.05) is 0 Å². The van der Waals surface area contributed by atoms with Crippen LogP contribution in [0.2, 0.25) is 0 Å². The zero-order valence-electron chi connectivity index (χ0n) is 9.63. The van der Waals surface area contributed by atoms with Crippen LogP contribution in [0.1, 0.15) is 50.2 Å². The molecule has 1 nitrogen and oxygen atoms in total. The minimum absolute atomic E-state index is 0.0537. The molecule has 1 aliphatic rings. The van der Waals surface area contributed by atoms with Gasteiger partial charge in [0, 0.05) is 5.54 Å². The van der Waals surface area contributed by atoms with Crippen molar-refractivity contribution in [3.63, 3.8) is 0 Å². The molecule has 1 unspecified atom stereocenters. The Balaban J connectivity index is 2.40. The first-order valence-electron chi connectivity index (χ1n) is 6.13. The lowest BCUT2D eigenvalue weighted by Gasteiger charge is -2.30. The third kappa shape index (κ3) is 2.07. The van der Waals surface area contributed by atoms with Crippen LogP contribution in [0.3, 0.4) is 0 Å². The average molecular weight is 203 g/mol. The summed E-state index contributed by atoms with van der Waals surface area (Å²) in [6, 6.07) is 8.74. The lowest BCUT2D eigenvalue weighted by Crippen LogP contribution is -2.36. The number of fused-ring (bicyclic) bond motifs is 1. The van der Waals surface area contributed by atoms with Gasteiger partial charge in [0.15, 0.2) is 0 Å². The number of benzene rings is 1. The van der Waals surface area contributed by atoms with Gasteiger partial charge in [-0.2, -0.15) is 0 Å². The van der Waals surface area contributed by atoms with Gasteiger partial charge < -0.3 is 5.73 Å². The molecule has 1 aromatic carbocycles. The second-order valence-electron chi connectivity index (χ2n) is 4.77. The molecule has 0 bridgehead atoms. The summed E-state index contributed by atoms with van der Waals surface area (Å²) in [5.41, 5.74) is 9.41. The minimum Gasteiger partial charge on any atom is -0.321 e. The van der Waals surface area contributed by atoms with Crippen molar-refractivity contribution < 1.29 is 0 Å². The van der Waals surface area contributed by atoms with Crippen molar-refractivity contribution in [2.45, 2.75) is 51.0 Å². The highest BCUT2D eigenvalue weighted by atomic mass is 14.7. The highest BCUT2D eigenvalue weighted by molar-refractivity contribution is 5.34. The standard InChI is InChI=1S/C14H21N/c1-2-10-14(15)11-6-5-8-12-7-3-4-9-13(12)14/h3-4,7,9H,2,5-6,8,10-11,15H2,1H3.